The highest BCUT2D eigenvalue weighted by molar-refractivity contribution is 5.97. The van der Waals surface area contributed by atoms with E-state index in [4.69, 9.17) is 0 Å². The Morgan fingerprint density at radius 2 is 1.77 bits per heavy atom. The van der Waals surface area contributed by atoms with Gasteiger partial charge in [0.2, 0.25) is 0 Å². The van der Waals surface area contributed by atoms with Crippen molar-refractivity contribution in [2.24, 2.45) is 0 Å². The molecule has 3 N–H and O–H groups in total. The number of amides is 1. The number of phenols is 1. The molecule has 0 aliphatic rings. The van der Waals surface area contributed by atoms with E-state index in [2.05, 4.69) is 19.9 Å². The molecule has 8 heteroatoms. The van der Waals surface area contributed by atoms with Crippen molar-refractivity contribution in [2.75, 3.05) is 7.05 Å². The Morgan fingerprint density at radius 3 is 2.57 bits per heavy atom. The minimum atomic E-state index is -1.35. The van der Waals surface area contributed by atoms with E-state index in [0.29, 0.717) is 28.9 Å². The highest BCUT2D eigenvalue weighted by Gasteiger charge is 2.22. The van der Waals surface area contributed by atoms with E-state index in [1.807, 2.05) is 36.5 Å². The van der Waals surface area contributed by atoms with Gasteiger partial charge in [-0.15, -0.1) is 0 Å². The fraction of sp³-hybridized carbons (Fsp3) is 0.111. The molecule has 4 heterocycles. The maximum absolute atomic E-state index is 12.9. The highest BCUT2D eigenvalue weighted by atomic mass is 16.3. The minimum absolute atomic E-state index is 0.181. The molecule has 1 aromatic carbocycles. The van der Waals surface area contributed by atoms with Crippen molar-refractivity contribution in [3.63, 3.8) is 0 Å². The molecule has 0 radical (unpaired) electrons. The molecule has 0 aliphatic carbocycles. The number of rotatable bonds is 6. The van der Waals surface area contributed by atoms with Crippen LogP contribution in [-0.4, -0.2) is 48.0 Å². The van der Waals surface area contributed by atoms with Crippen molar-refractivity contribution >= 4 is 16.9 Å². The number of nitrogens with one attached hydrogen (secondary N) is 1. The summed E-state index contributed by atoms with van der Waals surface area (Å²) < 4.78 is 0. The smallest absolute Gasteiger partial charge is 0.256 e. The second kappa shape index (κ2) is 9.36. The number of likely N-dealkylation sites (N-methyl/N-ethyl adjacent to an activating group) is 1. The Kier molecular flexibility index (Phi) is 5.95. The fourth-order valence-electron chi connectivity index (χ4n) is 4.04. The molecular formula is C27H23N5O3. The van der Waals surface area contributed by atoms with E-state index >= 15 is 0 Å². The Bertz CT molecular complexity index is 1500. The molecule has 4 aromatic heterocycles. The lowest BCUT2D eigenvalue weighted by atomic mass is 10.0. The Labute approximate surface area is 201 Å². The molecule has 5 rings (SSSR count). The number of aromatic hydroxyl groups is 1. The summed E-state index contributed by atoms with van der Waals surface area (Å²) in [6, 6.07) is 14.5. The van der Waals surface area contributed by atoms with E-state index in [0.717, 1.165) is 22.1 Å². The summed E-state index contributed by atoms with van der Waals surface area (Å²) in [5.41, 5.74) is 5.00. The number of phenolic OH excluding ortho intramolecular Hbond substituents is 1. The summed E-state index contributed by atoms with van der Waals surface area (Å²) in [4.78, 5) is 30.2. The summed E-state index contributed by atoms with van der Waals surface area (Å²) in [6.45, 7) is 0.356. The van der Waals surface area contributed by atoms with Crippen LogP contribution in [0.4, 0.5) is 0 Å². The van der Waals surface area contributed by atoms with Crippen LogP contribution in [0.15, 0.2) is 85.7 Å². The van der Waals surface area contributed by atoms with Crippen LogP contribution in [0.25, 0.3) is 33.3 Å². The van der Waals surface area contributed by atoms with Gasteiger partial charge in [-0.3, -0.25) is 14.8 Å². The lowest BCUT2D eigenvalue weighted by Gasteiger charge is -2.21. The average Bonchev–Trinajstić information content (AvgIpc) is 3.32. The van der Waals surface area contributed by atoms with Gasteiger partial charge in [0.1, 0.15) is 11.4 Å². The van der Waals surface area contributed by atoms with E-state index in [9.17, 15) is 15.0 Å². The molecule has 0 aliphatic heterocycles. The zero-order chi connectivity index (χ0) is 24.4. The third-order valence-corrected chi connectivity index (χ3v) is 5.91. The molecule has 1 unspecified atom stereocenters. The number of nitrogens with zero attached hydrogens (tertiary/aromatic N) is 4. The van der Waals surface area contributed by atoms with Crippen molar-refractivity contribution in [1.29, 1.82) is 0 Å². The zero-order valence-electron chi connectivity index (χ0n) is 19.0. The van der Waals surface area contributed by atoms with Gasteiger partial charge >= 0.3 is 0 Å². The van der Waals surface area contributed by atoms with Crippen LogP contribution in [0.1, 0.15) is 17.2 Å². The second-order valence-electron chi connectivity index (χ2n) is 8.30. The number of fused-ring (bicyclic) bond motifs is 1. The van der Waals surface area contributed by atoms with Gasteiger partial charge in [0.25, 0.3) is 5.91 Å². The standard InChI is InChI=1S/C27H23N5O3/c1-32(16-17-6-8-28-9-7-17)27(35)25(34)20-10-18(12-29-13-20)19-11-22-23(15-31-26(22)30-14-19)21-4-2-3-5-24(21)33/h2-15,25,33-34H,16H2,1H3,(H,30,31). The van der Waals surface area contributed by atoms with Gasteiger partial charge in [0.15, 0.2) is 6.10 Å². The maximum atomic E-state index is 12.9. The van der Waals surface area contributed by atoms with Gasteiger partial charge in [0, 0.05) is 84.0 Å². The number of pyridine rings is 3. The van der Waals surface area contributed by atoms with E-state index < -0.39 is 12.0 Å². The van der Waals surface area contributed by atoms with Crippen molar-refractivity contribution in [1.82, 2.24) is 24.8 Å². The molecule has 1 amide bonds. The predicted octanol–water partition coefficient (Wildman–Crippen LogP) is 4.08. The number of H-pyrrole nitrogens is 1. The Balaban J connectivity index is 1.43. The molecular weight excluding hydrogens is 442 g/mol. The van der Waals surface area contributed by atoms with Gasteiger partial charge in [-0.05, 0) is 35.9 Å². The van der Waals surface area contributed by atoms with Gasteiger partial charge in [0.05, 0.1) is 0 Å². The molecule has 0 spiro atoms. The van der Waals surface area contributed by atoms with Gasteiger partial charge in [-0.25, -0.2) is 4.98 Å². The number of hydrogen-bond donors (Lipinski definition) is 3. The third-order valence-electron chi connectivity index (χ3n) is 5.91. The molecule has 1 atom stereocenters. The summed E-state index contributed by atoms with van der Waals surface area (Å²) in [5, 5.41) is 21.9. The van der Waals surface area contributed by atoms with Crippen LogP contribution in [0.2, 0.25) is 0 Å². The molecule has 0 fully saturated rings. The number of aliphatic hydroxyl groups is 1. The monoisotopic (exact) mass is 465 g/mol. The normalized spacial score (nSPS) is 11.9. The van der Waals surface area contributed by atoms with Crippen molar-refractivity contribution in [3.05, 3.63) is 96.8 Å². The largest absolute Gasteiger partial charge is 0.507 e. The second-order valence-corrected chi connectivity index (χ2v) is 8.30. The summed E-state index contributed by atoms with van der Waals surface area (Å²) in [5.74, 6) is -0.248. The van der Waals surface area contributed by atoms with Crippen LogP contribution in [0, 0.1) is 0 Å². The van der Waals surface area contributed by atoms with Gasteiger partial charge < -0.3 is 20.1 Å². The van der Waals surface area contributed by atoms with E-state index in [1.54, 1.807) is 50.0 Å². The zero-order valence-corrected chi connectivity index (χ0v) is 19.0. The number of aromatic nitrogens is 4. The Morgan fingerprint density at radius 1 is 1.00 bits per heavy atom. The van der Waals surface area contributed by atoms with Crippen LogP contribution >= 0.6 is 0 Å². The molecule has 174 valence electrons. The van der Waals surface area contributed by atoms with Crippen LogP contribution in [0.3, 0.4) is 0 Å². The first kappa shape index (κ1) is 22.2. The van der Waals surface area contributed by atoms with Gasteiger partial charge in [-0.1, -0.05) is 18.2 Å². The molecule has 35 heavy (non-hydrogen) atoms. The van der Waals surface area contributed by atoms with Crippen molar-refractivity contribution in [2.45, 2.75) is 12.6 Å². The molecule has 8 nitrogen and oxygen atoms in total. The fourth-order valence-corrected chi connectivity index (χ4v) is 4.04. The topological polar surface area (TPSA) is 115 Å². The number of aromatic amines is 1. The number of carbonyl (C=O) groups excluding carboxylic acids is 1. The SMILES string of the molecule is CN(Cc1ccncc1)C(=O)C(O)c1cncc(-c2cnc3[nH]cc(-c4ccccc4O)c3c2)c1. The first-order valence-corrected chi connectivity index (χ1v) is 11.0. The molecule has 0 saturated heterocycles. The Hall–Kier alpha value is -4.56. The molecule has 5 aromatic rings. The number of carbonyl (C=O) groups is 1. The predicted molar refractivity (Wildman–Crippen MR) is 132 cm³/mol. The van der Waals surface area contributed by atoms with E-state index in [1.165, 1.54) is 11.1 Å². The number of aliphatic hydroxyl groups excluding tert-OH is 1. The lowest BCUT2D eigenvalue weighted by molar-refractivity contribution is -0.139. The number of hydrogen-bond acceptors (Lipinski definition) is 6. The highest BCUT2D eigenvalue weighted by Crippen LogP contribution is 2.35. The van der Waals surface area contributed by atoms with Crippen LogP contribution < -0.4 is 0 Å². The third kappa shape index (κ3) is 4.47. The van der Waals surface area contributed by atoms with Crippen molar-refractivity contribution in [3.8, 4) is 28.0 Å². The molecule has 0 saturated carbocycles. The summed E-state index contributed by atoms with van der Waals surface area (Å²) >= 11 is 0. The first-order valence-electron chi connectivity index (χ1n) is 11.0. The summed E-state index contributed by atoms with van der Waals surface area (Å²) in [7, 11) is 1.65. The van der Waals surface area contributed by atoms with Gasteiger partial charge in [-0.2, -0.15) is 0 Å². The number of para-hydroxylation sites is 1. The average molecular weight is 466 g/mol. The minimum Gasteiger partial charge on any atom is -0.507 e. The number of benzene rings is 1. The van der Waals surface area contributed by atoms with Crippen LogP contribution in [-0.2, 0) is 11.3 Å². The summed E-state index contributed by atoms with van der Waals surface area (Å²) in [6.07, 6.45) is 8.65. The lowest BCUT2D eigenvalue weighted by Crippen LogP contribution is -2.31. The maximum Gasteiger partial charge on any atom is 0.256 e. The quantitative estimate of drug-likeness (QED) is 0.348. The van der Waals surface area contributed by atoms with E-state index in [-0.39, 0.29) is 5.75 Å². The van der Waals surface area contributed by atoms with Crippen LogP contribution in [0.5, 0.6) is 5.75 Å². The van der Waals surface area contributed by atoms with Crippen molar-refractivity contribution < 1.29 is 15.0 Å². The first-order chi connectivity index (χ1) is 17.0. The molecule has 0 bridgehead atoms.